The Kier molecular flexibility index (Phi) is 5.14. The molecule has 25 heavy (non-hydrogen) atoms. The molecule has 1 saturated carbocycles. The normalized spacial score (nSPS) is 20.1. The third-order valence-electron chi connectivity index (χ3n) is 4.44. The fourth-order valence-electron chi connectivity index (χ4n) is 3.14. The van der Waals surface area contributed by atoms with Gasteiger partial charge in [-0.1, -0.05) is 18.9 Å². The number of nitrogens with two attached hydrogens (primary N) is 2. The smallest absolute Gasteiger partial charge is 0.269 e. The summed E-state index contributed by atoms with van der Waals surface area (Å²) in [6.07, 6.45) is 6.00. The summed E-state index contributed by atoms with van der Waals surface area (Å²) in [6.45, 7) is 1.90. The number of primary amides is 1. The summed E-state index contributed by atoms with van der Waals surface area (Å²) < 4.78 is 0. The van der Waals surface area contributed by atoms with Gasteiger partial charge in [-0.3, -0.25) is 4.79 Å². The Morgan fingerprint density at radius 3 is 2.80 bits per heavy atom. The molecule has 2 atom stereocenters. The van der Waals surface area contributed by atoms with Crippen LogP contribution in [0.25, 0.3) is 0 Å². The standard InChI is InChI=1S/C18H24N6O/c1-11-5-4-8-16(22-11)24-15-9-12(10-21-17(15)18(20)25)23-14-7-3-2-6-13(14)19/h4-5,8-10,13-14,23H,2-3,6-7,19H2,1H3,(H2,20,25)(H,22,24)/t13-,14+/m0/s1. The van der Waals surface area contributed by atoms with Crippen molar-refractivity contribution in [2.45, 2.75) is 44.7 Å². The highest BCUT2D eigenvalue weighted by Crippen LogP contribution is 2.25. The van der Waals surface area contributed by atoms with Gasteiger partial charge in [0, 0.05) is 17.8 Å². The van der Waals surface area contributed by atoms with Gasteiger partial charge in [-0.15, -0.1) is 0 Å². The Morgan fingerprint density at radius 2 is 2.08 bits per heavy atom. The molecule has 2 aromatic heterocycles. The fourth-order valence-corrected chi connectivity index (χ4v) is 3.14. The molecule has 6 N–H and O–H groups in total. The predicted molar refractivity (Wildman–Crippen MR) is 98.9 cm³/mol. The number of hydrogen-bond donors (Lipinski definition) is 4. The first-order valence-electron chi connectivity index (χ1n) is 8.55. The Bertz CT molecular complexity index is 763. The van der Waals surface area contributed by atoms with Crippen LogP contribution < -0.4 is 22.1 Å². The third kappa shape index (κ3) is 4.24. The maximum atomic E-state index is 11.7. The van der Waals surface area contributed by atoms with E-state index in [1.165, 1.54) is 6.42 Å². The molecule has 0 saturated heterocycles. The van der Waals surface area contributed by atoms with E-state index in [4.69, 9.17) is 11.5 Å². The molecule has 0 radical (unpaired) electrons. The van der Waals surface area contributed by atoms with Crippen LogP contribution in [-0.2, 0) is 0 Å². The molecule has 0 aliphatic heterocycles. The largest absolute Gasteiger partial charge is 0.379 e. The van der Waals surface area contributed by atoms with Crippen molar-refractivity contribution in [2.24, 2.45) is 11.5 Å². The maximum absolute atomic E-state index is 11.7. The van der Waals surface area contributed by atoms with Gasteiger partial charge in [-0.25, -0.2) is 9.97 Å². The van der Waals surface area contributed by atoms with Gasteiger partial charge in [0.15, 0.2) is 5.69 Å². The van der Waals surface area contributed by atoms with Crippen LogP contribution in [-0.4, -0.2) is 28.0 Å². The second kappa shape index (κ2) is 7.48. The van der Waals surface area contributed by atoms with E-state index in [1.54, 1.807) is 6.20 Å². The molecule has 132 valence electrons. The van der Waals surface area contributed by atoms with Gasteiger partial charge in [0.1, 0.15) is 5.82 Å². The second-order valence-electron chi connectivity index (χ2n) is 6.47. The molecule has 1 fully saturated rings. The van der Waals surface area contributed by atoms with Crippen molar-refractivity contribution in [2.75, 3.05) is 10.6 Å². The molecule has 1 aliphatic rings. The summed E-state index contributed by atoms with van der Waals surface area (Å²) in [5, 5.41) is 6.57. The van der Waals surface area contributed by atoms with E-state index in [2.05, 4.69) is 20.6 Å². The first-order chi connectivity index (χ1) is 12.0. The van der Waals surface area contributed by atoms with Crippen LogP contribution in [0.3, 0.4) is 0 Å². The highest BCUT2D eigenvalue weighted by Gasteiger charge is 2.22. The summed E-state index contributed by atoms with van der Waals surface area (Å²) in [5.41, 5.74) is 14.0. The molecule has 7 heteroatoms. The van der Waals surface area contributed by atoms with Crippen molar-refractivity contribution < 1.29 is 4.79 Å². The number of nitrogens with one attached hydrogen (secondary N) is 2. The number of aromatic nitrogens is 2. The summed E-state index contributed by atoms with van der Waals surface area (Å²) in [5.74, 6) is 0.0480. The van der Waals surface area contributed by atoms with E-state index in [9.17, 15) is 4.79 Å². The SMILES string of the molecule is Cc1cccc(Nc2cc(N[C@@H]3CCCC[C@@H]3N)cnc2C(N)=O)n1. The first-order valence-corrected chi connectivity index (χ1v) is 8.55. The van der Waals surface area contributed by atoms with Crippen LogP contribution in [0.2, 0.25) is 0 Å². The van der Waals surface area contributed by atoms with Gasteiger partial charge in [0.05, 0.1) is 17.6 Å². The summed E-state index contributed by atoms with van der Waals surface area (Å²) in [4.78, 5) is 20.3. The zero-order valence-electron chi connectivity index (χ0n) is 14.3. The molecule has 3 rings (SSSR count). The van der Waals surface area contributed by atoms with E-state index in [0.717, 1.165) is 30.6 Å². The molecule has 2 heterocycles. The van der Waals surface area contributed by atoms with Crippen LogP contribution in [0.1, 0.15) is 41.9 Å². The lowest BCUT2D eigenvalue weighted by Gasteiger charge is -2.30. The third-order valence-corrected chi connectivity index (χ3v) is 4.44. The van der Waals surface area contributed by atoms with Crippen LogP contribution >= 0.6 is 0 Å². The van der Waals surface area contributed by atoms with Gasteiger partial charge in [0.2, 0.25) is 0 Å². The van der Waals surface area contributed by atoms with Gasteiger partial charge >= 0.3 is 0 Å². The lowest BCUT2D eigenvalue weighted by atomic mass is 9.91. The molecular weight excluding hydrogens is 316 g/mol. The monoisotopic (exact) mass is 340 g/mol. The quantitative estimate of drug-likeness (QED) is 0.663. The van der Waals surface area contributed by atoms with Crippen LogP contribution in [0.5, 0.6) is 0 Å². The number of anilines is 3. The molecule has 1 aliphatic carbocycles. The molecule has 0 aromatic carbocycles. The van der Waals surface area contributed by atoms with E-state index in [1.807, 2.05) is 31.2 Å². The summed E-state index contributed by atoms with van der Waals surface area (Å²) >= 11 is 0. The fraction of sp³-hybridized carbons (Fsp3) is 0.389. The van der Waals surface area contributed by atoms with E-state index < -0.39 is 5.91 Å². The number of amides is 1. The lowest BCUT2D eigenvalue weighted by molar-refractivity contribution is 0.0996. The zero-order valence-corrected chi connectivity index (χ0v) is 14.3. The predicted octanol–water partition coefficient (Wildman–Crippen LogP) is 2.31. The Morgan fingerprint density at radius 1 is 1.28 bits per heavy atom. The van der Waals surface area contributed by atoms with Crippen molar-refractivity contribution >= 4 is 23.1 Å². The lowest BCUT2D eigenvalue weighted by Crippen LogP contribution is -2.42. The molecule has 0 unspecified atom stereocenters. The van der Waals surface area contributed by atoms with Crippen LogP contribution in [0.15, 0.2) is 30.5 Å². The minimum Gasteiger partial charge on any atom is -0.379 e. The molecule has 0 spiro atoms. The number of hydrogen-bond acceptors (Lipinski definition) is 6. The van der Waals surface area contributed by atoms with Crippen LogP contribution in [0.4, 0.5) is 17.2 Å². The maximum Gasteiger partial charge on any atom is 0.269 e. The first kappa shape index (κ1) is 17.2. The number of pyridine rings is 2. The molecule has 1 amide bonds. The second-order valence-corrected chi connectivity index (χ2v) is 6.47. The Balaban J connectivity index is 1.85. The molecule has 0 bridgehead atoms. The minimum atomic E-state index is -0.587. The number of nitrogens with zero attached hydrogens (tertiary/aromatic N) is 2. The van der Waals surface area contributed by atoms with Crippen molar-refractivity contribution in [1.29, 1.82) is 0 Å². The van der Waals surface area contributed by atoms with Crippen molar-refractivity contribution in [1.82, 2.24) is 9.97 Å². The summed E-state index contributed by atoms with van der Waals surface area (Å²) in [6, 6.07) is 7.79. The highest BCUT2D eigenvalue weighted by atomic mass is 16.1. The highest BCUT2D eigenvalue weighted by molar-refractivity contribution is 5.97. The van der Waals surface area contributed by atoms with Gasteiger partial charge in [-0.2, -0.15) is 0 Å². The number of aryl methyl sites for hydroxylation is 1. The Labute approximate surface area is 147 Å². The van der Waals surface area contributed by atoms with Crippen molar-refractivity contribution in [3.8, 4) is 0 Å². The van der Waals surface area contributed by atoms with Gasteiger partial charge in [-0.05, 0) is 38.0 Å². The average molecular weight is 340 g/mol. The average Bonchev–Trinajstić information content (AvgIpc) is 2.57. The van der Waals surface area contributed by atoms with E-state index in [0.29, 0.717) is 11.5 Å². The number of carbonyl (C=O) groups excluding carboxylic acids is 1. The van der Waals surface area contributed by atoms with Crippen molar-refractivity contribution in [3.05, 3.63) is 41.9 Å². The van der Waals surface area contributed by atoms with Gasteiger partial charge < -0.3 is 22.1 Å². The minimum absolute atomic E-state index is 0.124. The molecule has 2 aromatic rings. The summed E-state index contributed by atoms with van der Waals surface area (Å²) in [7, 11) is 0. The molecular formula is C18H24N6O. The van der Waals surface area contributed by atoms with Crippen LogP contribution in [0, 0.1) is 6.92 Å². The zero-order chi connectivity index (χ0) is 17.8. The number of carbonyl (C=O) groups is 1. The topological polar surface area (TPSA) is 119 Å². The van der Waals surface area contributed by atoms with E-state index in [-0.39, 0.29) is 17.8 Å². The Hall–Kier alpha value is -2.67. The molecule has 7 nitrogen and oxygen atoms in total. The van der Waals surface area contributed by atoms with E-state index >= 15 is 0 Å². The number of rotatable bonds is 5. The van der Waals surface area contributed by atoms with Crippen molar-refractivity contribution in [3.63, 3.8) is 0 Å². The van der Waals surface area contributed by atoms with Gasteiger partial charge in [0.25, 0.3) is 5.91 Å².